The molecule has 0 saturated heterocycles. The van der Waals surface area contributed by atoms with Crippen LogP contribution in [-0.2, 0) is 4.79 Å². The molecular weight excluding hydrogens is 390 g/mol. The molecule has 0 aliphatic heterocycles. The van der Waals surface area contributed by atoms with Gasteiger partial charge in [0.1, 0.15) is 5.75 Å². The molecule has 0 aliphatic rings. The molecule has 0 fully saturated rings. The van der Waals surface area contributed by atoms with E-state index in [-0.39, 0.29) is 11.6 Å². The van der Waals surface area contributed by atoms with Crippen molar-refractivity contribution in [3.8, 4) is 17.0 Å². The quantitative estimate of drug-likeness (QED) is 0.351. The fourth-order valence-electron chi connectivity index (χ4n) is 2.77. The van der Waals surface area contributed by atoms with Crippen LogP contribution in [0.2, 0.25) is 0 Å². The van der Waals surface area contributed by atoms with Gasteiger partial charge in [-0.3, -0.25) is 20.2 Å². The van der Waals surface area contributed by atoms with Crippen LogP contribution in [0.1, 0.15) is 16.0 Å². The second kappa shape index (κ2) is 8.66. The van der Waals surface area contributed by atoms with Crippen LogP contribution in [0.15, 0.2) is 48.5 Å². The predicted octanol–water partition coefficient (Wildman–Crippen LogP) is 5.00. The van der Waals surface area contributed by atoms with E-state index >= 15 is 0 Å². The van der Waals surface area contributed by atoms with Crippen LogP contribution in [0.25, 0.3) is 17.3 Å². The molecule has 148 valence electrons. The number of rotatable bonds is 6. The molecule has 1 heterocycles. The molecule has 0 aliphatic carbocycles. The lowest BCUT2D eigenvalue weighted by molar-refractivity contribution is -0.384. The molecule has 3 aromatic rings. The number of carbonyl (C=O) groups excluding carboxylic acids is 1. The summed E-state index contributed by atoms with van der Waals surface area (Å²) in [6, 6.07) is 11.8. The summed E-state index contributed by atoms with van der Waals surface area (Å²) >= 11 is 1.40. The van der Waals surface area contributed by atoms with Gasteiger partial charge in [-0.1, -0.05) is 0 Å². The zero-order valence-electron chi connectivity index (χ0n) is 16.1. The Balaban J connectivity index is 1.70. The van der Waals surface area contributed by atoms with Gasteiger partial charge >= 0.3 is 0 Å². The predicted molar refractivity (Wildman–Crippen MR) is 114 cm³/mol. The van der Waals surface area contributed by atoms with E-state index in [1.807, 2.05) is 32.0 Å². The summed E-state index contributed by atoms with van der Waals surface area (Å²) in [5.41, 5.74) is 3.48. The highest BCUT2D eigenvalue weighted by molar-refractivity contribution is 7.16. The fourth-order valence-corrected chi connectivity index (χ4v) is 3.61. The van der Waals surface area contributed by atoms with Crippen LogP contribution in [0, 0.1) is 24.0 Å². The number of aryl methyl sites for hydroxylation is 2. The number of nitro benzene ring substituents is 1. The Morgan fingerprint density at radius 1 is 1.21 bits per heavy atom. The first-order valence-electron chi connectivity index (χ1n) is 8.73. The van der Waals surface area contributed by atoms with Crippen LogP contribution < -0.4 is 10.1 Å². The Morgan fingerprint density at radius 2 is 1.93 bits per heavy atom. The summed E-state index contributed by atoms with van der Waals surface area (Å²) in [6.45, 7) is 3.92. The first-order chi connectivity index (χ1) is 13.9. The van der Waals surface area contributed by atoms with E-state index in [2.05, 4.69) is 10.3 Å². The highest BCUT2D eigenvalue weighted by Crippen LogP contribution is 2.32. The Morgan fingerprint density at radius 3 is 2.55 bits per heavy atom. The molecule has 0 spiro atoms. The average Bonchev–Trinajstić information content (AvgIpc) is 3.06. The Bertz CT molecular complexity index is 1090. The number of non-ortho nitro benzene ring substituents is 1. The lowest BCUT2D eigenvalue weighted by Gasteiger charge is -2.06. The molecule has 0 unspecified atom stereocenters. The standard InChI is InChI=1S/C21H19N3O4S/c1-13-12-16(7-10-18(13)28-3)20-14(2)29-21(23-20)22-19(25)11-6-15-4-8-17(9-5-15)24(26)27/h4-12H,1-3H3,(H,22,23,25)/b11-6+. The second-order valence-corrected chi connectivity index (χ2v) is 7.48. The maximum atomic E-state index is 12.2. The highest BCUT2D eigenvalue weighted by atomic mass is 32.1. The van der Waals surface area contributed by atoms with Crippen molar-refractivity contribution in [1.82, 2.24) is 4.98 Å². The van der Waals surface area contributed by atoms with Crippen molar-refractivity contribution in [2.24, 2.45) is 0 Å². The summed E-state index contributed by atoms with van der Waals surface area (Å²) < 4.78 is 5.29. The van der Waals surface area contributed by atoms with Gasteiger partial charge in [0.15, 0.2) is 5.13 Å². The van der Waals surface area contributed by atoms with Gasteiger partial charge in [-0.05, 0) is 61.4 Å². The number of benzene rings is 2. The van der Waals surface area contributed by atoms with Crippen molar-refractivity contribution in [3.63, 3.8) is 0 Å². The molecule has 8 heteroatoms. The zero-order valence-corrected chi connectivity index (χ0v) is 16.9. The first kappa shape index (κ1) is 20.2. The van der Waals surface area contributed by atoms with Gasteiger partial charge in [-0.15, -0.1) is 11.3 Å². The molecular formula is C21H19N3O4S. The van der Waals surface area contributed by atoms with Crippen molar-refractivity contribution in [3.05, 3.63) is 74.7 Å². The monoisotopic (exact) mass is 409 g/mol. The number of nitrogens with one attached hydrogen (secondary N) is 1. The van der Waals surface area contributed by atoms with E-state index < -0.39 is 4.92 Å². The Kier molecular flexibility index (Phi) is 6.04. The molecule has 1 amide bonds. The molecule has 0 radical (unpaired) electrons. The third-order valence-corrected chi connectivity index (χ3v) is 5.11. The van der Waals surface area contributed by atoms with Crippen molar-refractivity contribution in [2.75, 3.05) is 12.4 Å². The number of nitro groups is 1. The lowest BCUT2D eigenvalue weighted by atomic mass is 10.1. The number of ether oxygens (including phenoxy) is 1. The van der Waals surface area contributed by atoms with Gasteiger partial charge in [0.05, 0.1) is 17.7 Å². The Hall–Kier alpha value is -3.52. The van der Waals surface area contributed by atoms with Crippen molar-refractivity contribution < 1.29 is 14.5 Å². The average molecular weight is 409 g/mol. The zero-order chi connectivity index (χ0) is 21.0. The van der Waals surface area contributed by atoms with Crippen LogP contribution in [0.5, 0.6) is 5.75 Å². The molecule has 1 aromatic heterocycles. The minimum Gasteiger partial charge on any atom is -0.496 e. The van der Waals surface area contributed by atoms with E-state index in [1.54, 1.807) is 25.3 Å². The molecule has 29 heavy (non-hydrogen) atoms. The van der Waals surface area contributed by atoms with Gasteiger partial charge in [0.2, 0.25) is 5.91 Å². The van der Waals surface area contributed by atoms with E-state index in [1.165, 1.54) is 29.5 Å². The van der Waals surface area contributed by atoms with Crippen LogP contribution in [0.4, 0.5) is 10.8 Å². The van der Waals surface area contributed by atoms with Gasteiger partial charge in [-0.2, -0.15) is 0 Å². The van der Waals surface area contributed by atoms with E-state index in [4.69, 9.17) is 4.74 Å². The van der Waals surface area contributed by atoms with E-state index in [0.717, 1.165) is 27.4 Å². The van der Waals surface area contributed by atoms with Crippen molar-refractivity contribution in [2.45, 2.75) is 13.8 Å². The molecule has 0 saturated carbocycles. The SMILES string of the molecule is COc1ccc(-c2nc(NC(=O)/C=C/c3ccc([N+](=O)[O-])cc3)sc2C)cc1C. The van der Waals surface area contributed by atoms with E-state index in [9.17, 15) is 14.9 Å². The second-order valence-electron chi connectivity index (χ2n) is 6.28. The number of thiazole rings is 1. The van der Waals surface area contributed by atoms with Crippen LogP contribution >= 0.6 is 11.3 Å². The fraction of sp³-hybridized carbons (Fsp3) is 0.143. The van der Waals surface area contributed by atoms with Crippen molar-refractivity contribution in [1.29, 1.82) is 0 Å². The number of methoxy groups -OCH3 is 1. The number of hydrogen-bond donors (Lipinski definition) is 1. The third-order valence-electron chi connectivity index (χ3n) is 4.23. The minimum absolute atomic E-state index is 0.00570. The number of nitrogens with zero attached hydrogens (tertiary/aromatic N) is 2. The third kappa shape index (κ3) is 4.85. The smallest absolute Gasteiger partial charge is 0.269 e. The molecule has 2 aromatic carbocycles. The largest absolute Gasteiger partial charge is 0.496 e. The van der Waals surface area contributed by atoms with Gasteiger partial charge in [0.25, 0.3) is 5.69 Å². The molecule has 1 N–H and O–H groups in total. The van der Waals surface area contributed by atoms with Crippen molar-refractivity contribution >= 4 is 34.1 Å². The summed E-state index contributed by atoms with van der Waals surface area (Å²) in [6.07, 6.45) is 2.96. The number of hydrogen-bond acceptors (Lipinski definition) is 6. The normalized spacial score (nSPS) is 10.9. The van der Waals surface area contributed by atoms with Gasteiger partial charge in [0, 0.05) is 28.6 Å². The van der Waals surface area contributed by atoms with E-state index in [0.29, 0.717) is 10.7 Å². The summed E-state index contributed by atoms with van der Waals surface area (Å²) in [5.74, 6) is 0.487. The lowest BCUT2D eigenvalue weighted by Crippen LogP contribution is -2.07. The number of carbonyl (C=O) groups is 1. The summed E-state index contributed by atoms with van der Waals surface area (Å²) in [7, 11) is 1.63. The minimum atomic E-state index is -0.465. The number of anilines is 1. The molecule has 3 rings (SSSR count). The first-order valence-corrected chi connectivity index (χ1v) is 9.55. The molecule has 0 atom stereocenters. The topological polar surface area (TPSA) is 94.4 Å². The highest BCUT2D eigenvalue weighted by Gasteiger charge is 2.12. The Labute approximate surface area is 171 Å². The van der Waals surface area contributed by atoms with Gasteiger partial charge in [-0.25, -0.2) is 4.98 Å². The maximum Gasteiger partial charge on any atom is 0.269 e. The van der Waals surface area contributed by atoms with Crippen LogP contribution in [-0.4, -0.2) is 22.9 Å². The molecule has 0 bridgehead atoms. The van der Waals surface area contributed by atoms with Gasteiger partial charge < -0.3 is 4.74 Å². The summed E-state index contributed by atoms with van der Waals surface area (Å²) in [4.78, 5) is 27.9. The molecule has 7 nitrogen and oxygen atoms in total. The number of aromatic nitrogens is 1. The number of amides is 1. The maximum absolute atomic E-state index is 12.2. The van der Waals surface area contributed by atoms with Crippen LogP contribution in [0.3, 0.4) is 0 Å². The summed E-state index contributed by atoms with van der Waals surface area (Å²) in [5, 5.41) is 13.9.